The van der Waals surface area contributed by atoms with Crippen LogP contribution in [0.25, 0.3) is 0 Å². The van der Waals surface area contributed by atoms with Gasteiger partial charge in [0.05, 0.1) is 0 Å². The predicted octanol–water partition coefficient (Wildman–Crippen LogP) is 2.66. The van der Waals surface area contributed by atoms with Crippen LogP contribution in [0.5, 0.6) is 0 Å². The molecule has 0 aromatic heterocycles. The highest BCUT2D eigenvalue weighted by molar-refractivity contribution is 7.90. The molecule has 5 heteroatoms. The number of sulfonamides is 1. The minimum atomic E-state index is -3.24. The molecule has 0 aromatic carbocycles. The summed E-state index contributed by atoms with van der Waals surface area (Å²) in [6.07, 6.45) is 7.89. The Morgan fingerprint density at radius 1 is 1.11 bits per heavy atom. The minimum absolute atomic E-state index is 0.266. The molecule has 0 N–H and O–H groups in total. The molecule has 0 aromatic rings. The fraction of sp³-hybridized carbons (Fsp3) is 1.00. The number of hydrogen-bond acceptors (Lipinski definition) is 2. The molecule has 0 amide bonds. The molecule has 0 saturated heterocycles. The molecule has 4 aliphatic carbocycles. The summed E-state index contributed by atoms with van der Waals surface area (Å²) in [5, 5.41) is -0.296. The molecule has 0 atom stereocenters. The van der Waals surface area contributed by atoms with Crippen LogP contribution < -0.4 is 0 Å². The van der Waals surface area contributed by atoms with Gasteiger partial charge >= 0.3 is 0 Å². The van der Waals surface area contributed by atoms with Gasteiger partial charge in [0.25, 0.3) is 0 Å². The molecule has 0 radical (unpaired) electrons. The SMILES string of the molecule is CN(CC12CC3CC(CC(C3)C1)C2)S(=O)(=O)CCl. The van der Waals surface area contributed by atoms with E-state index in [1.54, 1.807) is 7.05 Å². The Labute approximate surface area is 115 Å². The Morgan fingerprint density at radius 2 is 1.56 bits per heavy atom. The van der Waals surface area contributed by atoms with E-state index in [1.807, 2.05) is 0 Å². The van der Waals surface area contributed by atoms with Crippen molar-refractivity contribution in [3.63, 3.8) is 0 Å². The summed E-state index contributed by atoms with van der Waals surface area (Å²) in [5.41, 5.74) is 0.266. The van der Waals surface area contributed by atoms with Gasteiger partial charge in [-0.2, -0.15) is 0 Å². The topological polar surface area (TPSA) is 37.4 Å². The maximum Gasteiger partial charge on any atom is 0.227 e. The molecule has 18 heavy (non-hydrogen) atoms. The van der Waals surface area contributed by atoms with Crippen molar-refractivity contribution in [3.05, 3.63) is 0 Å². The van der Waals surface area contributed by atoms with E-state index in [9.17, 15) is 8.42 Å². The van der Waals surface area contributed by atoms with E-state index in [0.29, 0.717) is 6.54 Å². The average molecular weight is 292 g/mol. The van der Waals surface area contributed by atoms with Gasteiger partial charge in [-0.3, -0.25) is 0 Å². The lowest BCUT2D eigenvalue weighted by Crippen LogP contribution is -2.51. The van der Waals surface area contributed by atoms with Gasteiger partial charge in [0.2, 0.25) is 10.0 Å². The van der Waals surface area contributed by atoms with E-state index in [1.165, 1.54) is 42.8 Å². The van der Waals surface area contributed by atoms with E-state index in [4.69, 9.17) is 11.6 Å². The summed E-state index contributed by atoms with van der Waals surface area (Å²) in [7, 11) is -1.55. The Bertz CT molecular complexity index is 399. The smallest absolute Gasteiger partial charge is 0.211 e. The largest absolute Gasteiger partial charge is 0.227 e. The highest BCUT2D eigenvalue weighted by atomic mass is 35.5. The molecule has 0 heterocycles. The second-order valence-electron chi connectivity index (χ2n) is 6.89. The van der Waals surface area contributed by atoms with Crippen molar-refractivity contribution >= 4 is 21.6 Å². The number of halogens is 1. The lowest BCUT2D eigenvalue weighted by molar-refractivity contribution is -0.0583. The molecule has 0 aliphatic heterocycles. The summed E-state index contributed by atoms with van der Waals surface area (Å²) in [5.74, 6) is 2.59. The van der Waals surface area contributed by atoms with Crippen LogP contribution in [0, 0.1) is 23.2 Å². The molecule has 0 unspecified atom stereocenters. The molecule has 4 saturated carbocycles. The number of hydrogen-bond donors (Lipinski definition) is 0. The van der Waals surface area contributed by atoms with Gasteiger partial charge in [-0.15, -0.1) is 11.6 Å². The van der Waals surface area contributed by atoms with Gasteiger partial charge < -0.3 is 0 Å². The van der Waals surface area contributed by atoms with Crippen molar-refractivity contribution in [2.75, 3.05) is 18.8 Å². The predicted molar refractivity (Wildman–Crippen MR) is 72.9 cm³/mol. The number of nitrogens with zero attached hydrogens (tertiary/aromatic N) is 1. The van der Waals surface area contributed by atoms with Crippen LogP contribution >= 0.6 is 11.6 Å². The quantitative estimate of drug-likeness (QED) is 0.747. The number of rotatable bonds is 4. The van der Waals surface area contributed by atoms with E-state index in [-0.39, 0.29) is 10.6 Å². The van der Waals surface area contributed by atoms with Gasteiger partial charge in [0.1, 0.15) is 5.21 Å². The third-order valence-corrected chi connectivity index (χ3v) is 7.52. The fourth-order valence-electron chi connectivity index (χ4n) is 5.14. The van der Waals surface area contributed by atoms with E-state index in [0.717, 1.165) is 17.8 Å². The van der Waals surface area contributed by atoms with Crippen LogP contribution in [-0.2, 0) is 10.0 Å². The molecule has 4 bridgehead atoms. The standard InChI is InChI=1S/C13H22ClNO2S/c1-15(18(16,17)9-14)8-13-5-10-2-11(6-13)4-12(3-10)7-13/h10-12H,2-9H2,1H3. The second-order valence-corrected chi connectivity index (χ2v) is 9.55. The van der Waals surface area contributed by atoms with E-state index in [2.05, 4.69) is 0 Å². The zero-order chi connectivity index (χ0) is 13.0. The van der Waals surface area contributed by atoms with Crippen LogP contribution in [0.2, 0.25) is 0 Å². The molecular weight excluding hydrogens is 270 g/mol. The molecule has 0 spiro atoms. The first-order valence-electron chi connectivity index (χ1n) is 6.92. The monoisotopic (exact) mass is 291 g/mol. The summed E-state index contributed by atoms with van der Waals surface area (Å²) < 4.78 is 25.1. The number of alkyl halides is 1. The van der Waals surface area contributed by atoms with Crippen molar-refractivity contribution in [1.29, 1.82) is 0 Å². The Kier molecular flexibility index (Phi) is 3.19. The van der Waals surface area contributed by atoms with Crippen LogP contribution in [0.3, 0.4) is 0 Å². The maximum absolute atomic E-state index is 11.8. The molecule has 4 fully saturated rings. The summed E-state index contributed by atoms with van der Waals surface area (Å²) >= 11 is 5.54. The summed E-state index contributed by atoms with van der Waals surface area (Å²) in [6.45, 7) is 0.686. The minimum Gasteiger partial charge on any atom is -0.211 e. The molecule has 4 aliphatic rings. The van der Waals surface area contributed by atoms with Crippen molar-refractivity contribution in [1.82, 2.24) is 4.31 Å². The molecular formula is C13H22ClNO2S. The molecule has 104 valence electrons. The van der Waals surface area contributed by atoms with Gasteiger partial charge in [-0.1, -0.05) is 0 Å². The van der Waals surface area contributed by atoms with Gasteiger partial charge in [0, 0.05) is 13.6 Å². The van der Waals surface area contributed by atoms with Crippen LogP contribution in [0.15, 0.2) is 0 Å². The Hall–Kier alpha value is 0.200. The lowest BCUT2D eigenvalue weighted by Gasteiger charge is -2.57. The Morgan fingerprint density at radius 3 is 1.94 bits per heavy atom. The lowest BCUT2D eigenvalue weighted by atomic mass is 9.49. The van der Waals surface area contributed by atoms with Crippen molar-refractivity contribution in [2.24, 2.45) is 23.2 Å². The third kappa shape index (κ3) is 2.20. The summed E-state index contributed by atoms with van der Waals surface area (Å²) in [6, 6.07) is 0. The van der Waals surface area contributed by atoms with E-state index >= 15 is 0 Å². The van der Waals surface area contributed by atoms with Gasteiger partial charge in [-0.25, -0.2) is 12.7 Å². The highest BCUT2D eigenvalue weighted by Crippen LogP contribution is 2.60. The van der Waals surface area contributed by atoms with Crippen molar-refractivity contribution in [3.8, 4) is 0 Å². The average Bonchev–Trinajstić information content (AvgIpc) is 2.26. The normalized spacial score (nSPS) is 42.7. The maximum atomic E-state index is 11.8. The zero-order valence-corrected chi connectivity index (χ0v) is 12.5. The van der Waals surface area contributed by atoms with Crippen LogP contribution in [0.1, 0.15) is 38.5 Å². The Balaban J connectivity index is 1.76. The first-order valence-corrected chi connectivity index (χ1v) is 9.07. The van der Waals surface area contributed by atoms with Crippen molar-refractivity contribution < 1.29 is 8.42 Å². The fourth-order valence-corrected chi connectivity index (χ4v) is 6.27. The summed E-state index contributed by atoms with van der Waals surface area (Å²) in [4.78, 5) is 0. The van der Waals surface area contributed by atoms with Gasteiger partial charge in [-0.05, 0) is 61.7 Å². The highest BCUT2D eigenvalue weighted by Gasteiger charge is 2.51. The molecule has 3 nitrogen and oxygen atoms in total. The zero-order valence-electron chi connectivity index (χ0n) is 10.9. The first kappa shape index (κ1) is 13.2. The molecule has 4 rings (SSSR count). The second kappa shape index (κ2) is 4.35. The van der Waals surface area contributed by atoms with Gasteiger partial charge in [0.15, 0.2) is 0 Å². The first-order chi connectivity index (χ1) is 8.42. The van der Waals surface area contributed by atoms with Crippen LogP contribution in [0.4, 0.5) is 0 Å². The third-order valence-electron chi connectivity index (χ3n) is 5.34. The van der Waals surface area contributed by atoms with Crippen molar-refractivity contribution in [2.45, 2.75) is 38.5 Å². The van der Waals surface area contributed by atoms with E-state index < -0.39 is 10.0 Å². The van der Waals surface area contributed by atoms with Crippen LogP contribution in [-0.4, -0.2) is 31.5 Å².